The van der Waals surface area contributed by atoms with E-state index >= 15 is 0 Å². The molecule has 0 aliphatic carbocycles. The van der Waals surface area contributed by atoms with Crippen LogP contribution < -0.4 is 26.6 Å². The number of hydrogen-bond acceptors (Lipinski definition) is 12. The lowest BCUT2D eigenvalue weighted by molar-refractivity contribution is -0.127. The van der Waals surface area contributed by atoms with Crippen LogP contribution in [0.3, 0.4) is 0 Å². The Morgan fingerprint density at radius 2 is 1.04 bits per heavy atom. The Balaban J connectivity index is 3.46. The van der Waals surface area contributed by atoms with Gasteiger partial charge in [-0.1, -0.05) is 83.5 Å². The van der Waals surface area contributed by atoms with Crippen LogP contribution >= 0.6 is 0 Å². The Kier molecular flexibility index (Phi) is 43.1. The third-order valence-corrected chi connectivity index (χ3v) is 9.40. The number of unbranched alkanes of at least 4 members (excludes halogenated alkanes) is 15. The highest BCUT2D eigenvalue weighted by Crippen LogP contribution is 2.14. The maximum Gasteiger partial charge on any atom is 0.246 e. The predicted molar refractivity (Wildman–Crippen MR) is 223 cm³/mol. The third kappa shape index (κ3) is 41.7. The Morgan fingerprint density at radius 1 is 0.526 bits per heavy atom. The first-order valence-electron chi connectivity index (χ1n) is 21.9. The minimum absolute atomic E-state index is 0.0211. The van der Waals surface area contributed by atoms with E-state index in [1.165, 1.54) is 70.6 Å². The summed E-state index contributed by atoms with van der Waals surface area (Å²) in [6.07, 6.45) is 23.2. The lowest BCUT2D eigenvalue weighted by Gasteiger charge is -2.16. The summed E-state index contributed by atoms with van der Waals surface area (Å²) in [5, 5.41) is 32.6. The van der Waals surface area contributed by atoms with Gasteiger partial charge < -0.3 is 60.5 Å². The Labute approximate surface area is 344 Å². The van der Waals surface area contributed by atoms with Crippen LogP contribution in [-0.2, 0) is 38.1 Å². The molecule has 57 heavy (non-hydrogen) atoms. The van der Waals surface area contributed by atoms with Crippen LogP contribution in [0.25, 0.3) is 0 Å². The first-order valence-corrected chi connectivity index (χ1v) is 21.9. The van der Waals surface area contributed by atoms with Gasteiger partial charge in [0, 0.05) is 39.7 Å². The van der Waals surface area contributed by atoms with Crippen molar-refractivity contribution in [2.45, 2.75) is 147 Å². The highest BCUT2D eigenvalue weighted by molar-refractivity contribution is 5.77. The smallest absolute Gasteiger partial charge is 0.246 e. The van der Waals surface area contributed by atoms with Gasteiger partial charge in [-0.05, 0) is 51.5 Å². The van der Waals surface area contributed by atoms with Gasteiger partial charge in [-0.2, -0.15) is 0 Å². The van der Waals surface area contributed by atoms with E-state index in [2.05, 4.69) is 26.6 Å². The molecule has 0 unspecified atom stereocenters. The quantitative estimate of drug-likeness (QED) is 0.0269. The molecule has 0 aliphatic heterocycles. The molecule has 2 atom stereocenters. The number of carbonyl (C=O) groups excluding carboxylic acids is 4. The van der Waals surface area contributed by atoms with Gasteiger partial charge in [-0.25, -0.2) is 0 Å². The van der Waals surface area contributed by atoms with Crippen LogP contribution in [0.4, 0.5) is 0 Å². The third-order valence-electron chi connectivity index (χ3n) is 9.40. The van der Waals surface area contributed by atoms with E-state index in [0.29, 0.717) is 78.5 Å². The van der Waals surface area contributed by atoms with Crippen molar-refractivity contribution < 1.29 is 48.3 Å². The Hall–Kier alpha value is -2.24. The summed E-state index contributed by atoms with van der Waals surface area (Å²) in [6.45, 7) is 4.42. The van der Waals surface area contributed by atoms with Crippen molar-refractivity contribution in [2.24, 2.45) is 0 Å². The normalized spacial score (nSPS) is 12.3. The molecule has 0 fully saturated rings. The fourth-order valence-corrected chi connectivity index (χ4v) is 5.99. The fraction of sp³-hybridized carbons (Fsp3) is 0.881. The van der Waals surface area contributed by atoms with Gasteiger partial charge in [0.2, 0.25) is 17.7 Å². The van der Waals surface area contributed by atoms with Crippen molar-refractivity contribution in [2.75, 3.05) is 92.2 Å². The van der Waals surface area contributed by atoms with Crippen molar-refractivity contribution >= 4 is 24.0 Å². The molecule has 2 radical (unpaired) electrons. The second-order valence-corrected chi connectivity index (χ2v) is 14.6. The highest BCUT2D eigenvalue weighted by atomic mass is 16.5. The number of amides is 3. The van der Waals surface area contributed by atoms with Gasteiger partial charge in [0.25, 0.3) is 0 Å². The summed E-state index contributed by atoms with van der Waals surface area (Å²) in [4.78, 5) is 46.6. The standard InChI is InChI=1S/C42H81N5O10/c1-43-38(34-49)20-16-17-24-45-41(52)36-56-33-31-55-29-26-46-42(53)37-57-32-30-54-28-25-44-23-19-21-39(35-50)47-40(51)22-15-13-11-9-7-5-3-2-4-6-8-10-12-14-18-27-48/h1,34,38-39,43-44,48,50H,2-33,35-37H2,(H,45,52)(H,46,53)(H,47,51)/t38-,39-/m0/s1. The molecule has 0 aliphatic rings. The number of rotatable bonds is 46. The zero-order valence-electron chi connectivity index (χ0n) is 35.2. The molecule has 0 aromatic rings. The molecule has 0 aromatic heterocycles. The molecule has 0 saturated heterocycles. The van der Waals surface area contributed by atoms with Crippen LogP contribution in [0.1, 0.15) is 135 Å². The van der Waals surface area contributed by atoms with E-state index in [9.17, 15) is 24.3 Å². The van der Waals surface area contributed by atoms with Crippen LogP contribution in [0.2, 0.25) is 0 Å². The molecule has 0 rings (SSSR count). The summed E-state index contributed by atoms with van der Waals surface area (Å²) in [5.74, 6) is -0.445. The molecule has 3 amide bonds. The molecule has 0 spiro atoms. The van der Waals surface area contributed by atoms with Gasteiger partial charge >= 0.3 is 0 Å². The summed E-state index contributed by atoms with van der Waals surface area (Å²) < 4.78 is 21.5. The molecule has 15 heteroatoms. The van der Waals surface area contributed by atoms with Crippen LogP contribution in [-0.4, -0.2) is 139 Å². The number of ether oxygens (including phenoxy) is 4. The van der Waals surface area contributed by atoms with Crippen LogP contribution in [0, 0.1) is 7.05 Å². The highest BCUT2D eigenvalue weighted by Gasteiger charge is 2.11. The fourth-order valence-electron chi connectivity index (χ4n) is 5.99. The first kappa shape index (κ1) is 54.8. The number of carbonyl (C=O) groups is 4. The van der Waals surface area contributed by atoms with Crippen molar-refractivity contribution in [3.8, 4) is 0 Å². The summed E-state index contributed by atoms with van der Waals surface area (Å²) in [7, 11) is 5.23. The maximum atomic E-state index is 12.3. The minimum atomic E-state index is -0.365. The molecule has 15 nitrogen and oxygen atoms in total. The zero-order chi connectivity index (χ0) is 41.7. The number of aliphatic hydroxyl groups is 2. The number of aldehydes is 1. The molecular weight excluding hydrogens is 734 g/mol. The number of hydrogen-bond donors (Lipinski definition) is 7. The van der Waals surface area contributed by atoms with Gasteiger partial charge in [0.05, 0.1) is 58.3 Å². The summed E-state index contributed by atoms with van der Waals surface area (Å²) in [5.41, 5.74) is 0. The average molecular weight is 816 g/mol. The summed E-state index contributed by atoms with van der Waals surface area (Å²) >= 11 is 0. The van der Waals surface area contributed by atoms with Crippen LogP contribution in [0.5, 0.6) is 0 Å². The molecule has 0 bridgehead atoms. The van der Waals surface area contributed by atoms with E-state index in [0.717, 1.165) is 57.8 Å². The van der Waals surface area contributed by atoms with E-state index in [1.807, 2.05) is 0 Å². The van der Waals surface area contributed by atoms with Gasteiger partial charge in [0.15, 0.2) is 0 Å². The Bertz CT molecular complexity index is 920. The zero-order valence-corrected chi connectivity index (χ0v) is 35.2. The topological polar surface area (TPSA) is 206 Å². The molecule has 0 aromatic carbocycles. The van der Waals surface area contributed by atoms with E-state index in [-0.39, 0.29) is 56.2 Å². The summed E-state index contributed by atoms with van der Waals surface area (Å²) in [6, 6.07) is -0.585. The number of nitrogens with one attached hydrogen (secondary N) is 5. The molecule has 0 heterocycles. The largest absolute Gasteiger partial charge is 0.396 e. The lowest BCUT2D eigenvalue weighted by atomic mass is 10.0. The molecule has 334 valence electrons. The molecule has 0 saturated carbocycles. The maximum absolute atomic E-state index is 12.3. The molecule has 7 N–H and O–H groups in total. The number of aliphatic hydroxyl groups excluding tert-OH is 2. The second kappa shape index (κ2) is 44.9. The van der Waals surface area contributed by atoms with Gasteiger partial charge in [-0.15, -0.1) is 0 Å². The van der Waals surface area contributed by atoms with Crippen molar-refractivity contribution in [1.82, 2.24) is 26.6 Å². The van der Waals surface area contributed by atoms with Crippen molar-refractivity contribution in [1.29, 1.82) is 0 Å². The first-order chi connectivity index (χ1) is 28.0. The van der Waals surface area contributed by atoms with E-state index < -0.39 is 0 Å². The van der Waals surface area contributed by atoms with Crippen LogP contribution in [0.15, 0.2) is 0 Å². The molecular formula is C42H81N5O10. The van der Waals surface area contributed by atoms with E-state index in [1.54, 1.807) is 0 Å². The lowest BCUT2D eigenvalue weighted by Crippen LogP contribution is -2.38. The van der Waals surface area contributed by atoms with Crippen molar-refractivity contribution in [3.05, 3.63) is 7.05 Å². The van der Waals surface area contributed by atoms with E-state index in [4.69, 9.17) is 31.1 Å². The van der Waals surface area contributed by atoms with Gasteiger partial charge in [0.1, 0.15) is 19.5 Å². The second-order valence-electron chi connectivity index (χ2n) is 14.6. The minimum Gasteiger partial charge on any atom is -0.396 e. The SMILES string of the molecule is [CH]N[C@H](C=O)CCCCNC(=O)COCCOCCNC(=O)COCCOCCNCCC[C@@H](CO)NC(=O)CCCCCCCCCCCCCCCCCO. The van der Waals surface area contributed by atoms with Gasteiger partial charge in [-0.3, -0.25) is 14.4 Å². The Morgan fingerprint density at radius 3 is 1.56 bits per heavy atom. The predicted octanol–water partition coefficient (Wildman–Crippen LogP) is 3.36. The monoisotopic (exact) mass is 816 g/mol. The van der Waals surface area contributed by atoms with Crippen molar-refractivity contribution in [3.63, 3.8) is 0 Å². The average Bonchev–Trinajstić information content (AvgIpc) is 3.21.